The Morgan fingerprint density at radius 1 is 1.25 bits per heavy atom. The fourth-order valence-electron chi connectivity index (χ4n) is 3.10. The third-order valence-electron chi connectivity index (χ3n) is 4.42. The summed E-state index contributed by atoms with van der Waals surface area (Å²) >= 11 is 0. The monoisotopic (exact) mass is 296 g/mol. The molecule has 0 amide bonds. The molecule has 1 saturated carbocycles. The highest BCUT2D eigenvalue weighted by atomic mass is 32.2. The number of sulfonamides is 1. The van der Waals surface area contributed by atoms with Crippen LogP contribution in [0.4, 0.5) is 5.69 Å². The van der Waals surface area contributed by atoms with Gasteiger partial charge in [-0.2, -0.15) is 0 Å². The Morgan fingerprint density at radius 2 is 1.90 bits per heavy atom. The molecule has 4 nitrogen and oxygen atoms in total. The number of nitrogens with two attached hydrogens (primary N) is 1. The summed E-state index contributed by atoms with van der Waals surface area (Å²) in [5, 5.41) is 0. The Kier molecular flexibility index (Phi) is 4.70. The summed E-state index contributed by atoms with van der Waals surface area (Å²) in [6, 6.07) is 7.08. The van der Waals surface area contributed by atoms with Crippen molar-refractivity contribution >= 4 is 15.7 Å². The van der Waals surface area contributed by atoms with Crippen molar-refractivity contribution in [2.24, 2.45) is 11.8 Å². The third kappa shape index (κ3) is 3.73. The second-order valence-corrected chi connectivity index (χ2v) is 7.58. The van der Waals surface area contributed by atoms with Crippen LogP contribution in [0.3, 0.4) is 0 Å². The van der Waals surface area contributed by atoms with Gasteiger partial charge in [0.2, 0.25) is 10.0 Å². The predicted octanol–water partition coefficient (Wildman–Crippen LogP) is 2.51. The zero-order chi connectivity index (χ0) is 14.8. The Morgan fingerprint density at radius 3 is 2.45 bits per heavy atom. The van der Waals surface area contributed by atoms with Gasteiger partial charge in [0.15, 0.2) is 0 Å². The van der Waals surface area contributed by atoms with Crippen molar-refractivity contribution in [1.82, 2.24) is 4.72 Å². The smallest absolute Gasteiger partial charge is 0.216 e. The summed E-state index contributed by atoms with van der Waals surface area (Å²) in [6.07, 6.45) is 3.19. The van der Waals surface area contributed by atoms with E-state index in [0.717, 1.165) is 24.8 Å². The Labute approximate surface area is 121 Å². The van der Waals surface area contributed by atoms with Crippen molar-refractivity contribution in [3.63, 3.8) is 0 Å². The molecule has 1 fully saturated rings. The molecule has 3 atom stereocenters. The number of nitrogens with one attached hydrogen (secondary N) is 1. The first-order valence-corrected chi connectivity index (χ1v) is 8.91. The lowest BCUT2D eigenvalue weighted by Gasteiger charge is -2.21. The molecule has 5 heteroatoms. The molecule has 0 saturated heterocycles. The number of nitrogen functional groups attached to an aromatic ring is 1. The van der Waals surface area contributed by atoms with Crippen LogP contribution < -0.4 is 10.5 Å². The minimum atomic E-state index is -3.29. The molecule has 0 radical (unpaired) electrons. The van der Waals surface area contributed by atoms with Crippen LogP contribution in [0, 0.1) is 11.8 Å². The molecule has 0 aromatic heterocycles. The van der Waals surface area contributed by atoms with Gasteiger partial charge in [0.1, 0.15) is 0 Å². The maximum Gasteiger partial charge on any atom is 0.216 e. The molecule has 1 aromatic carbocycles. The second kappa shape index (κ2) is 6.14. The summed E-state index contributed by atoms with van der Waals surface area (Å²) in [7, 11) is -3.29. The summed E-state index contributed by atoms with van der Waals surface area (Å²) in [5.41, 5.74) is 7.02. The molecule has 1 aliphatic rings. The van der Waals surface area contributed by atoms with Crippen molar-refractivity contribution in [2.75, 3.05) is 5.73 Å². The fraction of sp³-hybridized carbons (Fsp3) is 0.600. The highest BCUT2D eigenvalue weighted by Crippen LogP contribution is 2.34. The van der Waals surface area contributed by atoms with Crippen LogP contribution in [-0.4, -0.2) is 14.5 Å². The average molecular weight is 296 g/mol. The van der Waals surface area contributed by atoms with Crippen molar-refractivity contribution < 1.29 is 8.42 Å². The number of rotatable bonds is 5. The Balaban J connectivity index is 1.99. The number of anilines is 1. The highest BCUT2D eigenvalue weighted by molar-refractivity contribution is 7.88. The first-order chi connectivity index (χ1) is 9.41. The molecule has 3 unspecified atom stereocenters. The topological polar surface area (TPSA) is 72.2 Å². The van der Waals surface area contributed by atoms with Gasteiger partial charge in [0.25, 0.3) is 0 Å². The van der Waals surface area contributed by atoms with Crippen LogP contribution >= 0.6 is 0 Å². The minimum absolute atomic E-state index is 0.0211. The van der Waals surface area contributed by atoms with Crippen LogP contribution in [0.5, 0.6) is 0 Å². The van der Waals surface area contributed by atoms with Crippen LogP contribution in [0.15, 0.2) is 24.3 Å². The van der Waals surface area contributed by atoms with Gasteiger partial charge in [-0.15, -0.1) is 0 Å². The predicted molar refractivity (Wildman–Crippen MR) is 82.6 cm³/mol. The van der Waals surface area contributed by atoms with Gasteiger partial charge in [0, 0.05) is 11.7 Å². The number of benzene rings is 1. The Hall–Kier alpha value is -1.07. The summed E-state index contributed by atoms with van der Waals surface area (Å²) in [4.78, 5) is 0. The van der Waals surface area contributed by atoms with Crippen LogP contribution in [-0.2, 0) is 15.8 Å². The van der Waals surface area contributed by atoms with Crippen molar-refractivity contribution in [3.05, 3.63) is 29.8 Å². The van der Waals surface area contributed by atoms with Gasteiger partial charge in [-0.3, -0.25) is 0 Å². The highest BCUT2D eigenvalue weighted by Gasteiger charge is 2.33. The lowest BCUT2D eigenvalue weighted by molar-refractivity contribution is 0.368. The van der Waals surface area contributed by atoms with E-state index in [0.29, 0.717) is 17.5 Å². The van der Waals surface area contributed by atoms with E-state index in [9.17, 15) is 8.42 Å². The molecular weight excluding hydrogens is 272 g/mol. The van der Waals surface area contributed by atoms with Crippen molar-refractivity contribution in [3.8, 4) is 0 Å². The minimum Gasteiger partial charge on any atom is -0.399 e. The number of hydrogen-bond acceptors (Lipinski definition) is 3. The van der Waals surface area contributed by atoms with Crippen molar-refractivity contribution in [2.45, 2.75) is 44.9 Å². The van der Waals surface area contributed by atoms with E-state index < -0.39 is 10.0 Å². The van der Waals surface area contributed by atoms with Gasteiger partial charge >= 0.3 is 0 Å². The van der Waals surface area contributed by atoms with E-state index >= 15 is 0 Å². The number of hydrogen-bond donors (Lipinski definition) is 2. The van der Waals surface area contributed by atoms with Gasteiger partial charge in [-0.05, 0) is 42.4 Å². The maximum atomic E-state index is 12.2. The van der Waals surface area contributed by atoms with E-state index in [-0.39, 0.29) is 11.8 Å². The molecule has 1 aliphatic carbocycles. The van der Waals surface area contributed by atoms with E-state index in [2.05, 4.69) is 18.6 Å². The molecule has 3 N–H and O–H groups in total. The molecular formula is C15H24N2O2S. The van der Waals surface area contributed by atoms with Gasteiger partial charge in [0.05, 0.1) is 5.75 Å². The lowest BCUT2D eigenvalue weighted by Crippen LogP contribution is -2.38. The van der Waals surface area contributed by atoms with Crippen molar-refractivity contribution in [1.29, 1.82) is 0 Å². The molecule has 2 rings (SSSR count). The van der Waals surface area contributed by atoms with Crippen LogP contribution in [0.25, 0.3) is 0 Å². The van der Waals surface area contributed by atoms with E-state index in [1.165, 1.54) is 0 Å². The fourth-order valence-corrected chi connectivity index (χ4v) is 4.60. The molecule has 0 bridgehead atoms. The molecule has 20 heavy (non-hydrogen) atoms. The van der Waals surface area contributed by atoms with E-state index in [1.54, 1.807) is 24.3 Å². The third-order valence-corrected chi connectivity index (χ3v) is 5.79. The van der Waals surface area contributed by atoms with E-state index in [1.807, 2.05) is 0 Å². The standard InChI is InChI=1S/C15H24N2O2S/c1-3-13-6-9-15(11(13)2)17-20(18,19)10-12-4-7-14(16)8-5-12/h4-5,7-8,11,13,15,17H,3,6,9-10,16H2,1-2H3. The molecule has 0 spiro atoms. The van der Waals surface area contributed by atoms with E-state index in [4.69, 9.17) is 5.73 Å². The largest absolute Gasteiger partial charge is 0.399 e. The molecule has 0 heterocycles. The van der Waals surface area contributed by atoms with Gasteiger partial charge < -0.3 is 5.73 Å². The molecule has 112 valence electrons. The van der Waals surface area contributed by atoms with Gasteiger partial charge in [-0.1, -0.05) is 32.4 Å². The first kappa shape index (κ1) is 15.3. The quantitative estimate of drug-likeness (QED) is 0.820. The summed E-state index contributed by atoms with van der Waals surface area (Å²) < 4.78 is 27.4. The zero-order valence-electron chi connectivity index (χ0n) is 12.2. The molecule has 1 aromatic rings. The second-order valence-electron chi connectivity index (χ2n) is 5.83. The maximum absolute atomic E-state index is 12.2. The van der Waals surface area contributed by atoms with Crippen LogP contribution in [0.1, 0.15) is 38.7 Å². The first-order valence-electron chi connectivity index (χ1n) is 7.25. The molecule has 0 aliphatic heterocycles. The zero-order valence-corrected chi connectivity index (χ0v) is 13.0. The lowest BCUT2D eigenvalue weighted by atomic mass is 9.94. The normalized spacial score (nSPS) is 26.8. The SMILES string of the molecule is CCC1CCC(NS(=O)(=O)Cc2ccc(N)cc2)C1C. The average Bonchev–Trinajstić information content (AvgIpc) is 2.72. The Bertz CT molecular complexity index is 539. The van der Waals surface area contributed by atoms with Crippen LogP contribution in [0.2, 0.25) is 0 Å². The summed E-state index contributed by atoms with van der Waals surface area (Å²) in [5.74, 6) is 1.08. The van der Waals surface area contributed by atoms with Gasteiger partial charge in [-0.25, -0.2) is 13.1 Å². The summed E-state index contributed by atoms with van der Waals surface area (Å²) in [6.45, 7) is 4.32.